The number of hydrogen-bond acceptors (Lipinski definition) is 6. The fraction of sp³-hybridized carbons (Fsp3) is 0.167. The summed E-state index contributed by atoms with van der Waals surface area (Å²) in [5, 5.41) is 17.4. The van der Waals surface area contributed by atoms with E-state index in [0.717, 1.165) is 16.4 Å². The molecule has 0 spiro atoms. The molecule has 0 saturated heterocycles. The van der Waals surface area contributed by atoms with Crippen molar-refractivity contribution < 1.29 is 0 Å². The van der Waals surface area contributed by atoms with E-state index in [2.05, 4.69) is 44.9 Å². The van der Waals surface area contributed by atoms with Crippen LogP contribution in [0.1, 0.15) is 18.5 Å². The van der Waals surface area contributed by atoms with Crippen LogP contribution in [0, 0.1) is 0 Å². The second-order valence-electron chi connectivity index (χ2n) is 4.05. The molecule has 1 unspecified atom stereocenters. The highest BCUT2D eigenvalue weighted by atomic mass is 32.1. The fourth-order valence-electron chi connectivity index (χ4n) is 1.78. The predicted octanol–water partition coefficient (Wildman–Crippen LogP) is 2.29. The minimum Gasteiger partial charge on any atom is -0.355 e. The predicted molar refractivity (Wildman–Crippen MR) is 73.3 cm³/mol. The van der Waals surface area contributed by atoms with E-state index in [0.29, 0.717) is 0 Å². The van der Waals surface area contributed by atoms with Gasteiger partial charge in [0.1, 0.15) is 6.33 Å². The Morgan fingerprint density at radius 3 is 3.05 bits per heavy atom. The first-order chi connectivity index (χ1) is 9.33. The van der Waals surface area contributed by atoms with E-state index in [9.17, 15) is 0 Å². The van der Waals surface area contributed by atoms with Gasteiger partial charge in [0.2, 0.25) is 0 Å². The lowest BCUT2D eigenvalue weighted by Gasteiger charge is -2.14. The van der Waals surface area contributed by atoms with Gasteiger partial charge in [-0.15, -0.1) is 16.4 Å². The third kappa shape index (κ3) is 2.60. The Morgan fingerprint density at radius 1 is 1.37 bits per heavy atom. The maximum Gasteiger partial charge on any atom is 0.183 e. The summed E-state index contributed by atoms with van der Waals surface area (Å²) in [6.07, 6.45) is 3.37. The molecule has 0 radical (unpaired) electrons. The van der Waals surface area contributed by atoms with Gasteiger partial charge in [0.05, 0.1) is 11.7 Å². The maximum absolute atomic E-state index is 4.22. The molecule has 0 aliphatic heterocycles. The van der Waals surface area contributed by atoms with Crippen LogP contribution in [0.4, 0.5) is 5.13 Å². The minimum absolute atomic E-state index is 0.169. The molecule has 3 aromatic rings. The quantitative estimate of drug-likeness (QED) is 0.789. The SMILES string of the molecule is CC(Nc1nccs1)c1cccc(-n2cnnn2)c1. The number of nitrogens with one attached hydrogen (secondary N) is 1. The van der Waals surface area contributed by atoms with Crippen LogP contribution in [-0.4, -0.2) is 25.2 Å². The van der Waals surface area contributed by atoms with E-state index < -0.39 is 0 Å². The van der Waals surface area contributed by atoms with Gasteiger partial charge in [0, 0.05) is 11.6 Å². The summed E-state index contributed by atoms with van der Waals surface area (Å²) in [6.45, 7) is 2.10. The topological polar surface area (TPSA) is 68.5 Å². The summed E-state index contributed by atoms with van der Waals surface area (Å²) in [6, 6.07) is 8.26. The Morgan fingerprint density at radius 2 is 2.32 bits per heavy atom. The van der Waals surface area contributed by atoms with Crippen molar-refractivity contribution in [3.05, 3.63) is 47.7 Å². The Balaban J connectivity index is 1.83. The average Bonchev–Trinajstić information content (AvgIpc) is 3.12. The second kappa shape index (κ2) is 5.15. The van der Waals surface area contributed by atoms with Crippen LogP contribution in [0.25, 0.3) is 5.69 Å². The molecule has 0 amide bonds. The molecule has 1 atom stereocenters. The molecule has 2 aromatic heterocycles. The largest absolute Gasteiger partial charge is 0.355 e. The fourth-order valence-corrected chi connectivity index (χ4v) is 2.40. The molecule has 1 aromatic carbocycles. The molecular formula is C12H12N6S. The van der Waals surface area contributed by atoms with E-state index in [1.807, 2.05) is 17.5 Å². The highest BCUT2D eigenvalue weighted by Gasteiger charge is 2.08. The number of hydrogen-bond donors (Lipinski definition) is 1. The van der Waals surface area contributed by atoms with Gasteiger partial charge < -0.3 is 5.32 Å². The van der Waals surface area contributed by atoms with Crippen molar-refractivity contribution in [3.8, 4) is 5.69 Å². The molecule has 7 heteroatoms. The summed E-state index contributed by atoms with van der Waals surface area (Å²) in [4.78, 5) is 4.22. The standard InChI is InChI=1S/C12H12N6S/c1-9(15-12-13-5-6-19-12)10-3-2-4-11(7-10)18-8-14-16-17-18/h2-9H,1H3,(H,13,15). The summed E-state index contributed by atoms with van der Waals surface area (Å²) in [5.74, 6) is 0. The molecule has 0 bridgehead atoms. The van der Waals surface area contributed by atoms with Crippen molar-refractivity contribution in [2.75, 3.05) is 5.32 Å². The Labute approximate surface area is 114 Å². The molecular weight excluding hydrogens is 260 g/mol. The van der Waals surface area contributed by atoms with Crippen molar-refractivity contribution in [2.45, 2.75) is 13.0 Å². The average molecular weight is 272 g/mol. The maximum atomic E-state index is 4.22. The second-order valence-corrected chi connectivity index (χ2v) is 4.95. The van der Waals surface area contributed by atoms with Gasteiger partial charge in [-0.25, -0.2) is 9.67 Å². The van der Waals surface area contributed by atoms with E-state index >= 15 is 0 Å². The van der Waals surface area contributed by atoms with Gasteiger partial charge in [0.15, 0.2) is 5.13 Å². The molecule has 2 heterocycles. The van der Waals surface area contributed by atoms with Crippen LogP contribution in [-0.2, 0) is 0 Å². The van der Waals surface area contributed by atoms with Gasteiger partial charge in [0.25, 0.3) is 0 Å². The van der Waals surface area contributed by atoms with Gasteiger partial charge in [-0.2, -0.15) is 0 Å². The summed E-state index contributed by atoms with van der Waals surface area (Å²) in [5.41, 5.74) is 2.10. The molecule has 19 heavy (non-hydrogen) atoms. The van der Waals surface area contributed by atoms with Crippen LogP contribution >= 0.6 is 11.3 Å². The minimum atomic E-state index is 0.169. The van der Waals surface area contributed by atoms with Gasteiger partial charge in [-0.1, -0.05) is 12.1 Å². The van der Waals surface area contributed by atoms with Crippen LogP contribution in [0.2, 0.25) is 0 Å². The number of nitrogens with zero attached hydrogens (tertiary/aromatic N) is 5. The third-order valence-corrected chi connectivity index (χ3v) is 3.46. The van der Waals surface area contributed by atoms with Gasteiger partial charge in [-0.05, 0) is 35.0 Å². The van der Waals surface area contributed by atoms with E-state index in [4.69, 9.17) is 0 Å². The van der Waals surface area contributed by atoms with Crippen molar-refractivity contribution in [1.82, 2.24) is 25.2 Å². The first kappa shape index (κ1) is 11.8. The van der Waals surface area contributed by atoms with E-state index in [-0.39, 0.29) is 6.04 Å². The lowest BCUT2D eigenvalue weighted by Crippen LogP contribution is -2.07. The van der Waals surface area contributed by atoms with E-state index in [1.54, 1.807) is 28.5 Å². The number of thiazole rings is 1. The third-order valence-electron chi connectivity index (χ3n) is 2.76. The first-order valence-corrected chi connectivity index (χ1v) is 6.70. The summed E-state index contributed by atoms with van der Waals surface area (Å²) >= 11 is 1.59. The van der Waals surface area contributed by atoms with Crippen LogP contribution in [0.3, 0.4) is 0 Å². The molecule has 0 saturated carbocycles. The van der Waals surface area contributed by atoms with Crippen molar-refractivity contribution >= 4 is 16.5 Å². The first-order valence-electron chi connectivity index (χ1n) is 5.82. The summed E-state index contributed by atoms with van der Waals surface area (Å²) in [7, 11) is 0. The molecule has 96 valence electrons. The van der Waals surface area contributed by atoms with Crippen molar-refractivity contribution in [3.63, 3.8) is 0 Å². The highest BCUT2D eigenvalue weighted by Crippen LogP contribution is 2.22. The van der Waals surface area contributed by atoms with E-state index in [1.165, 1.54) is 0 Å². The Kier molecular flexibility index (Phi) is 3.20. The number of aromatic nitrogens is 5. The summed E-state index contributed by atoms with van der Waals surface area (Å²) < 4.78 is 1.64. The van der Waals surface area contributed by atoms with Crippen LogP contribution in [0.5, 0.6) is 0 Å². The lowest BCUT2D eigenvalue weighted by molar-refractivity contribution is 0.785. The lowest BCUT2D eigenvalue weighted by atomic mass is 10.1. The van der Waals surface area contributed by atoms with Gasteiger partial charge >= 0.3 is 0 Å². The smallest absolute Gasteiger partial charge is 0.183 e. The van der Waals surface area contributed by atoms with Crippen LogP contribution < -0.4 is 5.32 Å². The zero-order valence-electron chi connectivity index (χ0n) is 10.3. The molecule has 0 aliphatic carbocycles. The number of tetrazole rings is 1. The monoisotopic (exact) mass is 272 g/mol. The molecule has 3 rings (SSSR count). The highest BCUT2D eigenvalue weighted by molar-refractivity contribution is 7.13. The molecule has 1 N–H and O–H groups in total. The van der Waals surface area contributed by atoms with Crippen molar-refractivity contribution in [2.24, 2.45) is 0 Å². The number of anilines is 1. The number of benzene rings is 1. The normalized spacial score (nSPS) is 12.3. The zero-order valence-corrected chi connectivity index (χ0v) is 11.1. The molecule has 0 fully saturated rings. The molecule has 0 aliphatic rings. The van der Waals surface area contributed by atoms with Crippen LogP contribution in [0.15, 0.2) is 42.2 Å². The van der Waals surface area contributed by atoms with Gasteiger partial charge in [-0.3, -0.25) is 0 Å². The number of rotatable bonds is 4. The van der Waals surface area contributed by atoms with Crippen molar-refractivity contribution in [1.29, 1.82) is 0 Å². The Bertz CT molecular complexity index is 634. The molecule has 6 nitrogen and oxygen atoms in total. The Hall–Kier alpha value is -2.28. The zero-order chi connectivity index (χ0) is 13.1.